The maximum Gasteiger partial charge on any atom is 0.129 e. The Morgan fingerprint density at radius 3 is 2.63 bits per heavy atom. The standard InChI is InChI=1S/C16H21N3/c1-12(2)14-11-16(19-9-7-17-8-10-19)18-15-6-4-3-5-13(14)15/h3-6,11-12,17H,7-10H2,1-2H3. The van der Waals surface area contributed by atoms with E-state index in [-0.39, 0.29) is 0 Å². The number of piperazine rings is 1. The Bertz CT molecular complexity index is 571. The molecule has 1 aliphatic heterocycles. The maximum atomic E-state index is 4.84. The van der Waals surface area contributed by atoms with Crippen LogP contribution in [0.3, 0.4) is 0 Å². The molecule has 1 saturated heterocycles. The van der Waals surface area contributed by atoms with Gasteiger partial charge in [-0.15, -0.1) is 0 Å². The predicted octanol–water partition coefficient (Wildman–Crippen LogP) is 2.77. The summed E-state index contributed by atoms with van der Waals surface area (Å²) in [5.41, 5.74) is 2.52. The minimum Gasteiger partial charge on any atom is -0.354 e. The molecule has 3 rings (SSSR count). The highest BCUT2D eigenvalue weighted by Crippen LogP contribution is 2.28. The number of aromatic nitrogens is 1. The van der Waals surface area contributed by atoms with Gasteiger partial charge in [0, 0.05) is 31.6 Å². The predicted molar refractivity (Wildman–Crippen MR) is 80.9 cm³/mol. The summed E-state index contributed by atoms with van der Waals surface area (Å²) in [6.07, 6.45) is 0. The van der Waals surface area contributed by atoms with Crippen LogP contribution in [0.4, 0.5) is 5.82 Å². The first kappa shape index (κ1) is 12.4. The Morgan fingerprint density at radius 1 is 1.16 bits per heavy atom. The minimum absolute atomic E-state index is 0.523. The zero-order valence-electron chi connectivity index (χ0n) is 11.7. The Hall–Kier alpha value is -1.61. The van der Waals surface area contributed by atoms with Gasteiger partial charge in [-0.3, -0.25) is 0 Å². The van der Waals surface area contributed by atoms with Crippen molar-refractivity contribution in [2.24, 2.45) is 0 Å². The van der Waals surface area contributed by atoms with E-state index < -0.39 is 0 Å². The molecule has 1 aromatic carbocycles. The van der Waals surface area contributed by atoms with Crippen molar-refractivity contribution in [3.05, 3.63) is 35.9 Å². The first-order valence-corrected chi connectivity index (χ1v) is 7.11. The van der Waals surface area contributed by atoms with Crippen molar-refractivity contribution in [2.45, 2.75) is 19.8 Å². The van der Waals surface area contributed by atoms with Crippen LogP contribution in [0, 0.1) is 0 Å². The number of pyridine rings is 1. The van der Waals surface area contributed by atoms with Crippen molar-refractivity contribution in [1.82, 2.24) is 10.3 Å². The summed E-state index contributed by atoms with van der Waals surface area (Å²) in [5, 5.41) is 4.68. The molecule has 1 N–H and O–H groups in total. The fourth-order valence-corrected chi connectivity index (χ4v) is 2.72. The van der Waals surface area contributed by atoms with Gasteiger partial charge in [-0.2, -0.15) is 0 Å². The average molecular weight is 255 g/mol. The van der Waals surface area contributed by atoms with E-state index in [0.717, 1.165) is 37.5 Å². The van der Waals surface area contributed by atoms with E-state index in [4.69, 9.17) is 4.98 Å². The van der Waals surface area contributed by atoms with E-state index in [0.29, 0.717) is 5.92 Å². The molecule has 0 amide bonds. The molecule has 0 bridgehead atoms. The molecule has 0 atom stereocenters. The van der Waals surface area contributed by atoms with Gasteiger partial charge in [0.2, 0.25) is 0 Å². The average Bonchev–Trinajstić information content (AvgIpc) is 2.47. The van der Waals surface area contributed by atoms with Crippen LogP contribution in [0.15, 0.2) is 30.3 Å². The molecular formula is C16H21N3. The zero-order valence-corrected chi connectivity index (χ0v) is 11.7. The number of anilines is 1. The summed E-state index contributed by atoms with van der Waals surface area (Å²) in [6.45, 7) is 8.69. The van der Waals surface area contributed by atoms with Crippen LogP contribution in [-0.4, -0.2) is 31.2 Å². The molecule has 1 fully saturated rings. The largest absolute Gasteiger partial charge is 0.354 e. The Labute approximate surface area is 114 Å². The van der Waals surface area contributed by atoms with Crippen LogP contribution < -0.4 is 10.2 Å². The summed E-state index contributed by atoms with van der Waals surface area (Å²) in [5.74, 6) is 1.65. The van der Waals surface area contributed by atoms with E-state index in [1.807, 2.05) is 0 Å². The van der Waals surface area contributed by atoms with Gasteiger partial charge in [-0.1, -0.05) is 32.0 Å². The molecule has 1 aromatic heterocycles. The molecule has 1 aliphatic rings. The number of nitrogens with one attached hydrogen (secondary N) is 1. The molecule has 0 unspecified atom stereocenters. The Kier molecular flexibility index (Phi) is 3.38. The molecule has 3 heteroatoms. The third-order valence-electron chi connectivity index (χ3n) is 3.80. The highest BCUT2D eigenvalue weighted by atomic mass is 15.2. The zero-order chi connectivity index (χ0) is 13.2. The van der Waals surface area contributed by atoms with Crippen LogP contribution in [0.2, 0.25) is 0 Å². The van der Waals surface area contributed by atoms with E-state index in [2.05, 4.69) is 54.4 Å². The first-order valence-electron chi connectivity index (χ1n) is 7.11. The molecule has 19 heavy (non-hydrogen) atoms. The molecule has 2 aromatic rings. The summed E-state index contributed by atoms with van der Waals surface area (Å²) >= 11 is 0. The third-order valence-corrected chi connectivity index (χ3v) is 3.80. The van der Waals surface area contributed by atoms with Gasteiger partial charge in [0.05, 0.1) is 5.52 Å². The smallest absolute Gasteiger partial charge is 0.129 e. The number of hydrogen-bond acceptors (Lipinski definition) is 3. The molecule has 3 nitrogen and oxygen atoms in total. The first-order chi connectivity index (χ1) is 9.25. The van der Waals surface area contributed by atoms with E-state index in [9.17, 15) is 0 Å². The lowest BCUT2D eigenvalue weighted by atomic mass is 9.98. The molecule has 2 heterocycles. The van der Waals surface area contributed by atoms with Gasteiger partial charge < -0.3 is 10.2 Å². The summed E-state index contributed by atoms with van der Waals surface area (Å²) in [6, 6.07) is 10.7. The lowest BCUT2D eigenvalue weighted by Gasteiger charge is -2.29. The summed E-state index contributed by atoms with van der Waals surface area (Å²) in [4.78, 5) is 7.22. The molecular weight excluding hydrogens is 234 g/mol. The molecule has 0 aliphatic carbocycles. The van der Waals surface area contributed by atoms with Crippen molar-refractivity contribution < 1.29 is 0 Å². The van der Waals surface area contributed by atoms with Gasteiger partial charge >= 0.3 is 0 Å². The Balaban J connectivity index is 2.10. The van der Waals surface area contributed by atoms with Crippen molar-refractivity contribution in [1.29, 1.82) is 0 Å². The highest BCUT2D eigenvalue weighted by molar-refractivity contribution is 5.84. The van der Waals surface area contributed by atoms with Crippen molar-refractivity contribution in [3.8, 4) is 0 Å². The second-order valence-corrected chi connectivity index (χ2v) is 5.48. The SMILES string of the molecule is CC(C)c1cc(N2CCNCC2)nc2ccccc12. The fraction of sp³-hybridized carbons (Fsp3) is 0.438. The van der Waals surface area contributed by atoms with Crippen molar-refractivity contribution in [3.63, 3.8) is 0 Å². The van der Waals surface area contributed by atoms with E-state index in [1.54, 1.807) is 0 Å². The molecule has 100 valence electrons. The summed E-state index contributed by atoms with van der Waals surface area (Å²) < 4.78 is 0. The maximum absolute atomic E-state index is 4.84. The van der Waals surface area contributed by atoms with Crippen LogP contribution in [0.1, 0.15) is 25.3 Å². The number of para-hydroxylation sites is 1. The number of nitrogens with zero attached hydrogens (tertiary/aromatic N) is 2. The van der Waals surface area contributed by atoms with Gasteiger partial charge in [-0.05, 0) is 23.6 Å². The highest BCUT2D eigenvalue weighted by Gasteiger charge is 2.15. The van der Waals surface area contributed by atoms with Crippen LogP contribution in [0.25, 0.3) is 10.9 Å². The number of fused-ring (bicyclic) bond motifs is 1. The van der Waals surface area contributed by atoms with Gasteiger partial charge in [0.25, 0.3) is 0 Å². The molecule has 0 spiro atoms. The monoisotopic (exact) mass is 255 g/mol. The van der Waals surface area contributed by atoms with Gasteiger partial charge in [0.1, 0.15) is 5.82 Å². The van der Waals surface area contributed by atoms with E-state index in [1.165, 1.54) is 10.9 Å². The summed E-state index contributed by atoms with van der Waals surface area (Å²) in [7, 11) is 0. The Morgan fingerprint density at radius 2 is 1.89 bits per heavy atom. The van der Waals surface area contributed by atoms with Gasteiger partial charge in [-0.25, -0.2) is 4.98 Å². The lowest BCUT2D eigenvalue weighted by molar-refractivity contribution is 0.585. The quantitative estimate of drug-likeness (QED) is 0.894. The second-order valence-electron chi connectivity index (χ2n) is 5.48. The van der Waals surface area contributed by atoms with Gasteiger partial charge in [0.15, 0.2) is 0 Å². The molecule has 0 saturated carbocycles. The van der Waals surface area contributed by atoms with Crippen LogP contribution >= 0.6 is 0 Å². The number of hydrogen-bond donors (Lipinski definition) is 1. The van der Waals surface area contributed by atoms with Crippen LogP contribution in [-0.2, 0) is 0 Å². The number of benzene rings is 1. The molecule has 0 radical (unpaired) electrons. The van der Waals surface area contributed by atoms with Crippen LogP contribution in [0.5, 0.6) is 0 Å². The minimum atomic E-state index is 0.523. The lowest BCUT2D eigenvalue weighted by Crippen LogP contribution is -2.43. The number of rotatable bonds is 2. The second kappa shape index (κ2) is 5.17. The fourth-order valence-electron chi connectivity index (χ4n) is 2.72. The normalized spacial score (nSPS) is 16.3. The van der Waals surface area contributed by atoms with Crippen molar-refractivity contribution in [2.75, 3.05) is 31.1 Å². The van der Waals surface area contributed by atoms with E-state index >= 15 is 0 Å². The van der Waals surface area contributed by atoms with Crippen molar-refractivity contribution >= 4 is 16.7 Å². The topological polar surface area (TPSA) is 28.2 Å². The third kappa shape index (κ3) is 2.43.